The highest BCUT2D eigenvalue weighted by atomic mass is 32.2. The van der Waals surface area contributed by atoms with E-state index in [0.29, 0.717) is 5.69 Å². The second-order valence-corrected chi connectivity index (χ2v) is 8.13. The van der Waals surface area contributed by atoms with Gasteiger partial charge >= 0.3 is 5.97 Å². The van der Waals surface area contributed by atoms with Crippen LogP contribution in [0.3, 0.4) is 0 Å². The zero-order valence-corrected chi connectivity index (χ0v) is 16.2. The third kappa shape index (κ3) is 6.51. The molecule has 0 aliphatic carbocycles. The predicted octanol–water partition coefficient (Wildman–Crippen LogP) is 1.77. The van der Waals surface area contributed by atoms with Gasteiger partial charge in [-0.25, -0.2) is 13.2 Å². The first kappa shape index (κ1) is 21.1. The number of carbonyl (C=O) groups excluding carboxylic acids is 3. The van der Waals surface area contributed by atoms with Gasteiger partial charge in [-0.15, -0.1) is 0 Å². The van der Waals surface area contributed by atoms with Gasteiger partial charge in [0.2, 0.25) is 11.8 Å². The maximum Gasteiger partial charge on any atom is 0.337 e. The van der Waals surface area contributed by atoms with E-state index in [1.165, 1.54) is 31.4 Å². The number of rotatable bonds is 7. The van der Waals surface area contributed by atoms with E-state index in [-0.39, 0.29) is 11.3 Å². The molecule has 0 radical (unpaired) electrons. The second kappa shape index (κ2) is 9.14. The lowest BCUT2D eigenvalue weighted by molar-refractivity contribution is -0.114. The molecule has 2 aromatic rings. The Balaban J connectivity index is 1.95. The number of methoxy groups -OCH3 is 1. The Morgan fingerprint density at radius 3 is 1.96 bits per heavy atom. The van der Waals surface area contributed by atoms with Gasteiger partial charge in [0.25, 0.3) is 0 Å². The molecule has 2 amide bonds. The highest BCUT2D eigenvalue weighted by Crippen LogP contribution is 2.12. The van der Waals surface area contributed by atoms with Crippen molar-refractivity contribution >= 4 is 39.0 Å². The number of ether oxygens (including phenoxy) is 1. The maximum absolute atomic E-state index is 12.1. The van der Waals surface area contributed by atoms with Gasteiger partial charge in [0.15, 0.2) is 9.84 Å². The Labute approximate surface area is 162 Å². The molecule has 2 aromatic carbocycles. The molecule has 8 nitrogen and oxygen atoms in total. The van der Waals surface area contributed by atoms with E-state index in [4.69, 9.17) is 0 Å². The van der Waals surface area contributed by atoms with Crippen molar-refractivity contribution in [3.63, 3.8) is 0 Å². The van der Waals surface area contributed by atoms with Crippen LogP contribution < -0.4 is 10.6 Å². The lowest BCUT2D eigenvalue weighted by atomic mass is 10.2. The molecular weight excluding hydrogens is 384 g/mol. The van der Waals surface area contributed by atoms with Crippen LogP contribution in [-0.2, 0) is 24.2 Å². The standard InChI is InChI=1S/C19H20N2O6S/c1-13-5-3-7-15(9-13)20-17(22)11-28(25,26)12-18(23)21-16-8-4-6-14(10-16)19(24)27-2/h3-10H,11-12H2,1-2H3,(H,20,22)(H,21,23). The molecule has 0 saturated heterocycles. The van der Waals surface area contributed by atoms with Gasteiger partial charge in [-0.05, 0) is 42.8 Å². The van der Waals surface area contributed by atoms with E-state index in [2.05, 4.69) is 15.4 Å². The monoisotopic (exact) mass is 404 g/mol. The van der Waals surface area contributed by atoms with E-state index >= 15 is 0 Å². The van der Waals surface area contributed by atoms with Crippen molar-refractivity contribution in [2.45, 2.75) is 6.92 Å². The first-order chi connectivity index (χ1) is 13.2. The number of esters is 1. The third-order valence-electron chi connectivity index (χ3n) is 3.57. The minimum Gasteiger partial charge on any atom is -0.465 e. The molecule has 0 bridgehead atoms. The summed E-state index contributed by atoms with van der Waals surface area (Å²) in [6.45, 7) is 1.84. The van der Waals surface area contributed by atoms with E-state index < -0.39 is 39.1 Å². The number of carbonyl (C=O) groups is 3. The molecule has 0 unspecified atom stereocenters. The number of nitrogens with one attached hydrogen (secondary N) is 2. The number of hydrogen-bond acceptors (Lipinski definition) is 6. The Morgan fingerprint density at radius 1 is 0.893 bits per heavy atom. The molecule has 0 spiro atoms. The normalized spacial score (nSPS) is 10.8. The molecule has 0 aliphatic heterocycles. The molecule has 0 fully saturated rings. The first-order valence-electron chi connectivity index (χ1n) is 8.24. The summed E-state index contributed by atoms with van der Waals surface area (Å²) in [4.78, 5) is 35.5. The Kier molecular flexibility index (Phi) is 6.89. The predicted molar refractivity (Wildman–Crippen MR) is 105 cm³/mol. The summed E-state index contributed by atoms with van der Waals surface area (Å²) in [6, 6.07) is 12.8. The van der Waals surface area contributed by atoms with Crippen molar-refractivity contribution in [1.82, 2.24) is 0 Å². The van der Waals surface area contributed by atoms with Crippen molar-refractivity contribution in [2.75, 3.05) is 29.2 Å². The van der Waals surface area contributed by atoms with Crippen LogP contribution in [0, 0.1) is 6.92 Å². The van der Waals surface area contributed by atoms with Crippen molar-refractivity contribution in [2.24, 2.45) is 0 Å². The molecule has 28 heavy (non-hydrogen) atoms. The van der Waals surface area contributed by atoms with Gasteiger partial charge in [-0.3, -0.25) is 9.59 Å². The first-order valence-corrected chi connectivity index (χ1v) is 10.1. The average Bonchev–Trinajstić information content (AvgIpc) is 2.59. The summed E-state index contributed by atoms with van der Waals surface area (Å²) in [5, 5.41) is 4.88. The summed E-state index contributed by atoms with van der Waals surface area (Å²) in [6.07, 6.45) is 0. The summed E-state index contributed by atoms with van der Waals surface area (Å²) < 4.78 is 28.8. The van der Waals surface area contributed by atoms with Crippen LogP contribution >= 0.6 is 0 Å². The van der Waals surface area contributed by atoms with Crippen LogP contribution in [0.15, 0.2) is 48.5 Å². The summed E-state index contributed by atoms with van der Waals surface area (Å²) in [7, 11) is -2.75. The number of aryl methyl sites for hydroxylation is 1. The number of sulfone groups is 1. The molecule has 0 saturated carbocycles. The molecule has 0 atom stereocenters. The average molecular weight is 404 g/mol. The number of benzene rings is 2. The lowest BCUT2D eigenvalue weighted by Crippen LogP contribution is -2.30. The molecule has 0 aromatic heterocycles. The Bertz CT molecular complexity index is 1000. The molecule has 2 N–H and O–H groups in total. The fourth-order valence-electron chi connectivity index (χ4n) is 2.41. The van der Waals surface area contributed by atoms with Gasteiger partial charge in [0.1, 0.15) is 11.5 Å². The molecule has 9 heteroatoms. The zero-order valence-electron chi connectivity index (χ0n) is 15.4. The number of anilines is 2. The SMILES string of the molecule is COC(=O)c1cccc(NC(=O)CS(=O)(=O)CC(=O)Nc2cccc(C)c2)c1. The fraction of sp³-hybridized carbons (Fsp3) is 0.211. The smallest absolute Gasteiger partial charge is 0.337 e. The van der Waals surface area contributed by atoms with Crippen LogP contribution in [0.25, 0.3) is 0 Å². The molecule has 148 valence electrons. The molecular formula is C19H20N2O6S. The Hall–Kier alpha value is -3.20. The second-order valence-electron chi connectivity index (χ2n) is 6.07. The summed E-state index contributed by atoms with van der Waals surface area (Å²) >= 11 is 0. The van der Waals surface area contributed by atoms with Crippen molar-refractivity contribution in [3.8, 4) is 0 Å². The minimum absolute atomic E-state index is 0.209. The van der Waals surface area contributed by atoms with Crippen LogP contribution in [0.4, 0.5) is 11.4 Å². The summed E-state index contributed by atoms with van der Waals surface area (Å²) in [5.41, 5.74) is 1.84. The number of hydrogen-bond donors (Lipinski definition) is 2. The minimum atomic E-state index is -3.98. The zero-order chi connectivity index (χ0) is 20.7. The topological polar surface area (TPSA) is 119 Å². The van der Waals surface area contributed by atoms with Crippen LogP contribution in [-0.4, -0.2) is 44.8 Å². The molecule has 2 rings (SSSR count). The van der Waals surface area contributed by atoms with Crippen molar-refractivity contribution in [1.29, 1.82) is 0 Å². The highest BCUT2D eigenvalue weighted by molar-refractivity contribution is 7.92. The van der Waals surface area contributed by atoms with E-state index in [0.717, 1.165) is 5.56 Å². The van der Waals surface area contributed by atoms with Crippen LogP contribution in [0.1, 0.15) is 15.9 Å². The largest absolute Gasteiger partial charge is 0.465 e. The van der Waals surface area contributed by atoms with Gasteiger partial charge in [0, 0.05) is 11.4 Å². The maximum atomic E-state index is 12.1. The van der Waals surface area contributed by atoms with Gasteiger partial charge in [-0.1, -0.05) is 18.2 Å². The fourth-order valence-corrected chi connectivity index (χ4v) is 3.45. The van der Waals surface area contributed by atoms with Gasteiger partial charge in [0.05, 0.1) is 12.7 Å². The summed E-state index contributed by atoms with van der Waals surface area (Å²) in [5.74, 6) is -3.82. The quantitative estimate of drug-likeness (QED) is 0.679. The van der Waals surface area contributed by atoms with Crippen molar-refractivity contribution in [3.05, 3.63) is 59.7 Å². The van der Waals surface area contributed by atoms with Gasteiger partial charge < -0.3 is 15.4 Å². The van der Waals surface area contributed by atoms with E-state index in [9.17, 15) is 22.8 Å². The van der Waals surface area contributed by atoms with Gasteiger partial charge in [-0.2, -0.15) is 0 Å². The van der Waals surface area contributed by atoms with Crippen molar-refractivity contribution < 1.29 is 27.5 Å². The third-order valence-corrected chi connectivity index (χ3v) is 4.98. The van der Waals surface area contributed by atoms with Crippen LogP contribution in [0.2, 0.25) is 0 Å². The molecule has 0 aliphatic rings. The van der Waals surface area contributed by atoms with Crippen LogP contribution in [0.5, 0.6) is 0 Å². The van der Waals surface area contributed by atoms with E-state index in [1.807, 2.05) is 13.0 Å². The highest BCUT2D eigenvalue weighted by Gasteiger charge is 2.21. The Morgan fingerprint density at radius 2 is 1.43 bits per heavy atom. The van der Waals surface area contributed by atoms with E-state index in [1.54, 1.807) is 18.2 Å². The lowest BCUT2D eigenvalue weighted by Gasteiger charge is -2.08. The number of amides is 2. The molecule has 0 heterocycles.